The summed E-state index contributed by atoms with van der Waals surface area (Å²) in [6.07, 6.45) is 7.85. The third-order valence-electron chi connectivity index (χ3n) is 4.08. The van der Waals surface area contributed by atoms with Gasteiger partial charge in [-0.3, -0.25) is 4.79 Å². The van der Waals surface area contributed by atoms with Gasteiger partial charge in [-0.25, -0.2) is 4.79 Å². The summed E-state index contributed by atoms with van der Waals surface area (Å²) < 4.78 is 11.1. The number of carbonyl (C=O) groups is 2. The zero-order valence-electron chi connectivity index (χ0n) is 17.8. The number of allylic oxidation sites excluding steroid dienone is 1. The molecule has 6 nitrogen and oxygen atoms in total. The number of nitrogens with zero attached hydrogens (tertiary/aromatic N) is 2. The molecule has 0 radical (unpaired) electrons. The first-order valence-corrected chi connectivity index (χ1v) is 13.4. The van der Waals surface area contributed by atoms with Crippen LogP contribution in [0.15, 0.2) is 16.8 Å². The third kappa shape index (κ3) is 9.86. The monoisotopic (exact) mass is 396 g/mol. The van der Waals surface area contributed by atoms with E-state index >= 15 is 0 Å². The van der Waals surface area contributed by atoms with Crippen molar-refractivity contribution in [3.05, 3.63) is 11.6 Å². The van der Waals surface area contributed by atoms with Crippen LogP contribution < -0.4 is 0 Å². The van der Waals surface area contributed by atoms with Crippen LogP contribution in [0, 0.1) is 0 Å². The Balaban J connectivity index is 2.32. The molecule has 1 unspecified atom stereocenters. The highest BCUT2D eigenvalue weighted by Gasteiger charge is 2.28. The molecule has 27 heavy (non-hydrogen) atoms. The van der Waals surface area contributed by atoms with Crippen molar-refractivity contribution in [1.82, 2.24) is 5.01 Å². The maximum Gasteiger partial charge on any atom is 0.354 e. The van der Waals surface area contributed by atoms with E-state index < -0.39 is 8.32 Å². The van der Waals surface area contributed by atoms with E-state index in [0.29, 0.717) is 25.2 Å². The molecule has 0 aromatic heterocycles. The molecule has 1 aliphatic rings. The first kappa shape index (κ1) is 23.6. The van der Waals surface area contributed by atoms with Gasteiger partial charge in [0.1, 0.15) is 5.71 Å². The fraction of sp³-hybridized carbons (Fsp3) is 0.750. The maximum absolute atomic E-state index is 12.1. The van der Waals surface area contributed by atoms with Gasteiger partial charge in [-0.05, 0) is 63.9 Å². The Bertz CT molecular complexity index is 565. The fourth-order valence-corrected chi connectivity index (χ4v) is 4.11. The molecule has 0 fully saturated rings. The van der Waals surface area contributed by atoms with Gasteiger partial charge in [0.2, 0.25) is 0 Å². The van der Waals surface area contributed by atoms with E-state index in [4.69, 9.17) is 9.16 Å². The quantitative estimate of drug-likeness (QED) is 0.164. The molecule has 0 bridgehead atoms. The molecule has 0 spiro atoms. The average Bonchev–Trinajstić information content (AvgIpc) is 2.86. The predicted octanol–water partition coefficient (Wildman–Crippen LogP) is 3.93. The molecule has 0 aromatic carbocycles. The molecule has 0 aliphatic heterocycles. The van der Waals surface area contributed by atoms with Crippen LogP contribution in [0.2, 0.25) is 19.6 Å². The first-order valence-electron chi connectivity index (χ1n) is 9.96. The van der Waals surface area contributed by atoms with Gasteiger partial charge < -0.3 is 14.2 Å². The highest BCUT2D eigenvalue weighted by Crippen LogP contribution is 2.25. The van der Waals surface area contributed by atoms with E-state index in [2.05, 4.69) is 24.7 Å². The number of Topliss-reactive ketones (excluding diaryl/α,β-unsaturated/α-hetero) is 1. The summed E-state index contributed by atoms with van der Waals surface area (Å²) in [5, 5.41) is 5.86. The Kier molecular flexibility index (Phi) is 9.94. The highest BCUT2D eigenvalue weighted by atomic mass is 28.4. The first-order chi connectivity index (χ1) is 12.6. The van der Waals surface area contributed by atoms with Crippen molar-refractivity contribution < 1.29 is 18.8 Å². The molecule has 1 rings (SSSR count). The number of ketones is 1. The van der Waals surface area contributed by atoms with Crippen molar-refractivity contribution in [1.29, 1.82) is 0 Å². The van der Waals surface area contributed by atoms with Gasteiger partial charge in [0.25, 0.3) is 0 Å². The van der Waals surface area contributed by atoms with Gasteiger partial charge >= 0.3 is 5.97 Å². The Morgan fingerprint density at radius 3 is 2.48 bits per heavy atom. The minimum atomic E-state index is -1.62. The number of esters is 1. The normalized spacial score (nSPS) is 17.9. The van der Waals surface area contributed by atoms with Gasteiger partial charge in [0, 0.05) is 20.5 Å². The fourth-order valence-electron chi connectivity index (χ4n) is 3.05. The lowest BCUT2D eigenvalue weighted by molar-refractivity contribution is -0.135. The maximum atomic E-state index is 12.1. The lowest BCUT2D eigenvalue weighted by Gasteiger charge is -2.21. The number of hydrogen-bond acceptors (Lipinski definition) is 6. The second kappa shape index (κ2) is 11.4. The van der Waals surface area contributed by atoms with Crippen molar-refractivity contribution in [2.24, 2.45) is 5.10 Å². The van der Waals surface area contributed by atoms with Crippen molar-refractivity contribution in [2.75, 3.05) is 20.7 Å². The molecular weight excluding hydrogens is 360 g/mol. The summed E-state index contributed by atoms with van der Waals surface area (Å²) in [7, 11) is 1.98. The zero-order chi connectivity index (χ0) is 20.4. The van der Waals surface area contributed by atoms with Gasteiger partial charge in [-0.2, -0.15) is 5.10 Å². The predicted molar refractivity (Wildman–Crippen MR) is 111 cm³/mol. The van der Waals surface area contributed by atoms with E-state index in [1.165, 1.54) is 0 Å². The number of carbonyl (C=O) groups excluding carboxylic acids is 2. The third-order valence-corrected chi connectivity index (χ3v) is 5.09. The summed E-state index contributed by atoms with van der Waals surface area (Å²) in [6.45, 7) is 8.59. The Morgan fingerprint density at radius 1 is 1.22 bits per heavy atom. The summed E-state index contributed by atoms with van der Waals surface area (Å²) in [5.74, 6) is -0.0951. The van der Waals surface area contributed by atoms with Crippen molar-refractivity contribution in [3.8, 4) is 0 Å². The second-order valence-corrected chi connectivity index (χ2v) is 12.6. The van der Waals surface area contributed by atoms with Crippen molar-refractivity contribution in [2.45, 2.75) is 77.6 Å². The summed E-state index contributed by atoms with van der Waals surface area (Å²) in [4.78, 5) is 24.0. The molecule has 0 saturated carbocycles. The van der Waals surface area contributed by atoms with Crippen LogP contribution in [0.1, 0.15) is 51.9 Å². The summed E-state index contributed by atoms with van der Waals surface area (Å²) in [5.41, 5.74) is 1.40. The SMILES string of the molecule is CCOC(=O)/C(CCCCCCC1=CC(O[Si](C)(C)C)CC1=O)=N/N(C)C. The van der Waals surface area contributed by atoms with Crippen LogP contribution in [0.4, 0.5) is 0 Å². The van der Waals surface area contributed by atoms with E-state index in [1.54, 1.807) is 26.0 Å². The molecule has 0 saturated heterocycles. The van der Waals surface area contributed by atoms with Crippen LogP contribution in [0.5, 0.6) is 0 Å². The van der Waals surface area contributed by atoms with E-state index in [9.17, 15) is 9.59 Å². The van der Waals surface area contributed by atoms with Crippen molar-refractivity contribution in [3.63, 3.8) is 0 Å². The van der Waals surface area contributed by atoms with E-state index in [-0.39, 0.29) is 17.9 Å². The molecule has 0 N–H and O–H groups in total. The molecule has 0 amide bonds. The van der Waals surface area contributed by atoms with E-state index in [1.807, 2.05) is 6.08 Å². The molecule has 154 valence electrons. The summed E-state index contributed by atoms with van der Waals surface area (Å²) in [6, 6.07) is 0. The second-order valence-electron chi connectivity index (χ2n) is 8.12. The average molecular weight is 397 g/mol. The molecular formula is C20H36N2O4Si. The largest absolute Gasteiger partial charge is 0.461 e. The highest BCUT2D eigenvalue weighted by molar-refractivity contribution is 6.69. The van der Waals surface area contributed by atoms with Gasteiger partial charge in [0.15, 0.2) is 14.1 Å². The lowest BCUT2D eigenvalue weighted by atomic mass is 10.0. The number of ether oxygens (including phenoxy) is 1. The minimum absolute atomic E-state index is 0.0199. The molecule has 1 atom stereocenters. The Morgan fingerprint density at radius 2 is 1.89 bits per heavy atom. The van der Waals surface area contributed by atoms with Gasteiger partial charge in [-0.1, -0.05) is 12.8 Å². The van der Waals surface area contributed by atoms with Gasteiger partial charge in [-0.15, -0.1) is 0 Å². The Hall–Kier alpha value is -1.47. The van der Waals surface area contributed by atoms with Gasteiger partial charge in [0.05, 0.1) is 12.7 Å². The molecule has 1 aliphatic carbocycles. The number of rotatable bonds is 12. The Labute approximate surface area is 165 Å². The van der Waals surface area contributed by atoms with Crippen LogP contribution in [0.25, 0.3) is 0 Å². The zero-order valence-corrected chi connectivity index (χ0v) is 18.8. The lowest BCUT2D eigenvalue weighted by Crippen LogP contribution is -2.30. The van der Waals surface area contributed by atoms with Crippen LogP contribution >= 0.6 is 0 Å². The van der Waals surface area contributed by atoms with Crippen molar-refractivity contribution >= 4 is 25.8 Å². The van der Waals surface area contributed by atoms with E-state index in [0.717, 1.165) is 37.7 Å². The molecule has 0 aromatic rings. The van der Waals surface area contributed by atoms with Crippen LogP contribution in [0.3, 0.4) is 0 Å². The number of unbranched alkanes of at least 4 members (excludes halogenated alkanes) is 3. The number of hydrogen-bond donors (Lipinski definition) is 0. The smallest absolute Gasteiger partial charge is 0.354 e. The molecule has 7 heteroatoms. The minimum Gasteiger partial charge on any atom is -0.461 e. The van der Waals surface area contributed by atoms with Crippen LogP contribution in [-0.4, -0.2) is 57.6 Å². The topological polar surface area (TPSA) is 68.2 Å². The van der Waals surface area contributed by atoms with Crippen LogP contribution in [-0.2, 0) is 18.8 Å². The number of hydrazone groups is 1. The molecule has 0 heterocycles. The standard InChI is InChI=1S/C20H36N2O4Si/c1-7-25-20(24)18(21-22(2)3)13-11-9-8-10-12-16-14-17(15-19(16)23)26-27(4,5)6/h14,17H,7-13,15H2,1-6H3/b21-18+. The summed E-state index contributed by atoms with van der Waals surface area (Å²) >= 11 is 0.